The van der Waals surface area contributed by atoms with Crippen molar-refractivity contribution in [2.75, 3.05) is 0 Å². The minimum absolute atomic E-state index is 0.0350. The highest BCUT2D eigenvalue weighted by Gasteiger charge is 2.18. The Balaban J connectivity index is 2.12. The van der Waals surface area contributed by atoms with Gasteiger partial charge in [-0.15, -0.1) is 0 Å². The maximum absolute atomic E-state index is 10.7. The fourth-order valence-electron chi connectivity index (χ4n) is 2.85. The molecule has 1 N–H and O–H groups in total. The number of fused-ring (bicyclic) bond motifs is 1. The Morgan fingerprint density at radius 3 is 2.28 bits per heavy atom. The van der Waals surface area contributed by atoms with E-state index in [1.54, 1.807) is 0 Å². The summed E-state index contributed by atoms with van der Waals surface area (Å²) in [4.78, 5) is 4.51. The lowest BCUT2D eigenvalue weighted by Crippen LogP contribution is -2.10. The van der Waals surface area contributed by atoms with Crippen molar-refractivity contribution in [3.05, 3.63) is 65.5 Å². The summed E-state index contributed by atoms with van der Waals surface area (Å²) in [5, 5.41) is 20.3. The van der Waals surface area contributed by atoms with E-state index in [1.165, 1.54) is 5.56 Å². The van der Waals surface area contributed by atoms with Crippen LogP contribution >= 0.6 is 0 Å². The minimum atomic E-state index is -0.0543. The summed E-state index contributed by atoms with van der Waals surface area (Å²) in [6, 6.07) is 17.4. The topological polar surface area (TPSA) is 61.8 Å². The van der Waals surface area contributed by atoms with Crippen molar-refractivity contribution in [1.29, 1.82) is 5.26 Å². The van der Waals surface area contributed by atoms with Gasteiger partial charge in [-0.2, -0.15) is 5.26 Å². The van der Waals surface area contributed by atoms with Crippen LogP contribution in [0, 0.1) is 11.3 Å². The largest absolute Gasteiger partial charge is 0.506 e. The molecule has 0 spiro atoms. The number of para-hydroxylation sites is 2. The number of aliphatic hydroxyl groups excluding tert-OH is 1. The number of hydrogen-bond donors (Lipinski definition) is 1. The Kier molecular flexibility index (Phi) is 4.10. The van der Waals surface area contributed by atoms with Crippen LogP contribution in [-0.2, 0) is 12.5 Å². The van der Waals surface area contributed by atoms with E-state index in [4.69, 9.17) is 0 Å². The van der Waals surface area contributed by atoms with Gasteiger partial charge in [0, 0.05) is 12.6 Å². The molecule has 0 aliphatic rings. The Hall–Kier alpha value is -3.06. The zero-order valence-corrected chi connectivity index (χ0v) is 14.9. The molecule has 0 radical (unpaired) electrons. The van der Waals surface area contributed by atoms with Crippen molar-refractivity contribution in [1.82, 2.24) is 9.55 Å². The predicted octanol–water partition coefficient (Wildman–Crippen LogP) is 4.82. The number of aryl methyl sites for hydroxylation is 1. The molecule has 4 heteroatoms. The van der Waals surface area contributed by atoms with Crippen molar-refractivity contribution in [2.45, 2.75) is 26.2 Å². The van der Waals surface area contributed by atoms with Crippen molar-refractivity contribution in [2.24, 2.45) is 7.05 Å². The molecule has 0 aliphatic heterocycles. The first kappa shape index (κ1) is 16.8. The lowest BCUT2D eigenvalue weighted by atomic mass is 9.86. The lowest BCUT2D eigenvalue weighted by molar-refractivity contribution is 0.513. The van der Waals surface area contributed by atoms with Gasteiger partial charge in [0.05, 0.1) is 11.0 Å². The molecule has 0 aliphatic carbocycles. The fraction of sp³-hybridized carbons (Fsp3) is 0.238. The molecule has 4 nitrogen and oxygen atoms in total. The average molecular weight is 331 g/mol. The average Bonchev–Trinajstić information content (AvgIpc) is 2.92. The summed E-state index contributed by atoms with van der Waals surface area (Å²) in [5.41, 5.74) is 3.70. The van der Waals surface area contributed by atoms with E-state index in [9.17, 15) is 10.4 Å². The number of hydrogen-bond acceptors (Lipinski definition) is 3. The van der Waals surface area contributed by atoms with E-state index in [2.05, 4.69) is 31.8 Å². The summed E-state index contributed by atoms with van der Waals surface area (Å²) in [5.74, 6) is 0.405. The van der Waals surface area contributed by atoms with Crippen molar-refractivity contribution in [3.63, 3.8) is 0 Å². The van der Waals surface area contributed by atoms with Crippen LogP contribution in [0.4, 0.5) is 0 Å². The van der Waals surface area contributed by atoms with Gasteiger partial charge in [0.25, 0.3) is 0 Å². The van der Waals surface area contributed by atoms with E-state index in [0.717, 1.165) is 11.0 Å². The zero-order chi connectivity index (χ0) is 18.2. The highest BCUT2D eigenvalue weighted by molar-refractivity contribution is 5.94. The molecule has 0 unspecified atom stereocenters. The van der Waals surface area contributed by atoms with Crippen LogP contribution in [0.1, 0.15) is 37.7 Å². The number of benzene rings is 2. The third-order valence-corrected chi connectivity index (χ3v) is 4.38. The quantitative estimate of drug-likeness (QED) is 0.541. The molecule has 3 rings (SSSR count). The molecule has 0 bridgehead atoms. The van der Waals surface area contributed by atoms with E-state index >= 15 is 0 Å². The first-order valence-electron chi connectivity index (χ1n) is 8.19. The van der Waals surface area contributed by atoms with Gasteiger partial charge in [0.1, 0.15) is 17.4 Å². The molecule has 0 atom stereocenters. The third-order valence-electron chi connectivity index (χ3n) is 4.38. The normalized spacial score (nSPS) is 12.8. The van der Waals surface area contributed by atoms with Crippen LogP contribution in [0.25, 0.3) is 22.4 Å². The Labute approximate surface area is 147 Å². The fourth-order valence-corrected chi connectivity index (χ4v) is 2.85. The SMILES string of the molecule is Cn1c(C(C#N)=C(O)c2ccc(C(C)(C)C)cc2)nc2ccccc21. The minimum Gasteiger partial charge on any atom is -0.506 e. The predicted molar refractivity (Wildman–Crippen MR) is 101 cm³/mol. The van der Waals surface area contributed by atoms with E-state index in [1.807, 2.05) is 60.1 Å². The first-order valence-corrected chi connectivity index (χ1v) is 8.19. The molecule has 0 amide bonds. The zero-order valence-electron chi connectivity index (χ0n) is 14.9. The van der Waals surface area contributed by atoms with Gasteiger partial charge >= 0.3 is 0 Å². The second kappa shape index (κ2) is 6.10. The molecule has 126 valence electrons. The van der Waals surface area contributed by atoms with Gasteiger partial charge in [-0.05, 0) is 23.1 Å². The molecule has 2 aromatic carbocycles. The molecule has 25 heavy (non-hydrogen) atoms. The molecule has 1 heterocycles. The van der Waals surface area contributed by atoms with Gasteiger partial charge in [-0.25, -0.2) is 4.98 Å². The van der Waals surface area contributed by atoms with Gasteiger partial charge in [-0.3, -0.25) is 0 Å². The molecular formula is C21H21N3O. The Morgan fingerprint density at radius 1 is 1.08 bits per heavy atom. The van der Waals surface area contributed by atoms with Gasteiger partial charge in [0.2, 0.25) is 0 Å². The Morgan fingerprint density at radius 2 is 1.72 bits per heavy atom. The van der Waals surface area contributed by atoms with Crippen molar-refractivity contribution in [3.8, 4) is 6.07 Å². The number of aromatic nitrogens is 2. The smallest absolute Gasteiger partial charge is 0.155 e. The van der Waals surface area contributed by atoms with E-state index in [0.29, 0.717) is 11.4 Å². The van der Waals surface area contributed by atoms with E-state index in [-0.39, 0.29) is 16.7 Å². The molecule has 0 fully saturated rings. The molecule has 0 saturated heterocycles. The first-order chi connectivity index (χ1) is 11.8. The van der Waals surface area contributed by atoms with Crippen LogP contribution in [-0.4, -0.2) is 14.7 Å². The highest BCUT2D eigenvalue weighted by atomic mass is 16.3. The lowest BCUT2D eigenvalue weighted by Gasteiger charge is -2.19. The van der Waals surface area contributed by atoms with Crippen LogP contribution in [0.3, 0.4) is 0 Å². The van der Waals surface area contributed by atoms with E-state index < -0.39 is 0 Å². The van der Waals surface area contributed by atoms with Gasteiger partial charge < -0.3 is 9.67 Å². The van der Waals surface area contributed by atoms with Crippen LogP contribution in [0.2, 0.25) is 0 Å². The van der Waals surface area contributed by atoms with Gasteiger partial charge in [0.15, 0.2) is 5.82 Å². The molecular weight excluding hydrogens is 310 g/mol. The summed E-state index contributed by atoms with van der Waals surface area (Å²) in [6.45, 7) is 6.41. The maximum Gasteiger partial charge on any atom is 0.155 e. The van der Waals surface area contributed by atoms with Crippen molar-refractivity contribution >= 4 is 22.4 Å². The molecule has 1 aromatic heterocycles. The number of nitrogens with zero attached hydrogens (tertiary/aromatic N) is 3. The number of allylic oxidation sites excluding steroid dienone is 1. The molecule has 0 saturated carbocycles. The second-order valence-corrected chi connectivity index (χ2v) is 7.15. The number of imidazole rings is 1. The number of nitriles is 1. The second-order valence-electron chi connectivity index (χ2n) is 7.15. The maximum atomic E-state index is 10.7. The van der Waals surface area contributed by atoms with Crippen molar-refractivity contribution < 1.29 is 5.11 Å². The van der Waals surface area contributed by atoms with Crippen LogP contribution in [0.15, 0.2) is 48.5 Å². The van der Waals surface area contributed by atoms with Gasteiger partial charge in [-0.1, -0.05) is 57.2 Å². The summed E-state index contributed by atoms with van der Waals surface area (Å²) in [6.07, 6.45) is 0. The summed E-state index contributed by atoms with van der Waals surface area (Å²) < 4.78 is 1.83. The highest BCUT2D eigenvalue weighted by Crippen LogP contribution is 2.28. The number of rotatable bonds is 2. The van der Waals surface area contributed by atoms with Crippen LogP contribution in [0.5, 0.6) is 0 Å². The molecule has 3 aromatic rings. The van der Waals surface area contributed by atoms with Crippen LogP contribution < -0.4 is 0 Å². The summed E-state index contributed by atoms with van der Waals surface area (Å²) in [7, 11) is 1.85. The third kappa shape index (κ3) is 3.01. The summed E-state index contributed by atoms with van der Waals surface area (Å²) >= 11 is 0. The Bertz CT molecular complexity index is 996. The number of aliphatic hydroxyl groups is 1. The monoisotopic (exact) mass is 331 g/mol. The standard InChI is InChI=1S/C21H21N3O/c1-21(2,3)15-11-9-14(10-12-15)19(25)16(13-22)20-23-17-7-5-6-8-18(17)24(20)4/h5-12,25H,1-4H3.